The van der Waals surface area contributed by atoms with Gasteiger partial charge in [-0.3, -0.25) is 19.3 Å². The molecular weight excluding hydrogens is 284 g/mol. The van der Waals surface area contributed by atoms with E-state index in [2.05, 4.69) is 10.3 Å². The standard InChI is InChI=1S/C15H16N4O3/c16-11(14(21)19-6-5-17-13(20)15(19)22)7-9-8-18-12-4-2-1-3-10(9)12/h1-4,8,11,18H,5-7,16H2,(H,17,20)/t11-/m0/s1. The molecule has 4 N–H and O–H groups in total. The molecule has 1 fully saturated rings. The molecule has 1 atom stereocenters. The molecule has 114 valence electrons. The molecule has 3 amide bonds. The number of imide groups is 1. The number of carbonyl (C=O) groups is 3. The summed E-state index contributed by atoms with van der Waals surface area (Å²) in [6.07, 6.45) is 2.11. The molecule has 7 nitrogen and oxygen atoms in total. The van der Waals surface area contributed by atoms with Crippen molar-refractivity contribution in [2.45, 2.75) is 12.5 Å². The van der Waals surface area contributed by atoms with E-state index in [9.17, 15) is 14.4 Å². The number of para-hydroxylation sites is 1. The number of benzene rings is 1. The number of nitrogens with two attached hydrogens (primary N) is 1. The van der Waals surface area contributed by atoms with Crippen molar-refractivity contribution in [1.82, 2.24) is 15.2 Å². The van der Waals surface area contributed by atoms with Gasteiger partial charge in [-0.15, -0.1) is 0 Å². The summed E-state index contributed by atoms with van der Waals surface area (Å²) in [7, 11) is 0. The Morgan fingerprint density at radius 2 is 2.09 bits per heavy atom. The fourth-order valence-corrected chi connectivity index (χ4v) is 2.62. The van der Waals surface area contributed by atoms with E-state index in [1.54, 1.807) is 0 Å². The predicted octanol–water partition coefficient (Wildman–Crippen LogP) is -0.477. The number of aromatic amines is 1. The molecule has 2 aromatic rings. The van der Waals surface area contributed by atoms with Crippen LogP contribution in [0.3, 0.4) is 0 Å². The fourth-order valence-electron chi connectivity index (χ4n) is 2.62. The van der Waals surface area contributed by atoms with Crippen LogP contribution in [-0.2, 0) is 20.8 Å². The molecule has 1 aromatic carbocycles. The second kappa shape index (κ2) is 5.61. The normalized spacial score (nSPS) is 16.7. The van der Waals surface area contributed by atoms with Gasteiger partial charge >= 0.3 is 11.8 Å². The van der Waals surface area contributed by atoms with Gasteiger partial charge in [-0.05, 0) is 18.1 Å². The van der Waals surface area contributed by atoms with Crippen LogP contribution in [0.2, 0.25) is 0 Å². The van der Waals surface area contributed by atoms with Gasteiger partial charge in [0.1, 0.15) is 0 Å². The van der Waals surface area contributed by atoms with Crippen LogP contribution in [0, 0.1) is 0 Å². The van der Waals surface area contributed by atoms with E-state index in [0.717, 1.165) is 21.4 Å². The number of fused-ring (bicyclic) bond motifs is 1. The molecule has 7 heteroatoms. The monoisotopic (exact) mass is 300 g/mol. The molecule has 0 bridgehead atoms. The number of amides is 3. The van der Waals surface area contributed by atoms with Crippen LogP contribution in [0.1, 0.15) is 5.56 Å². The quantitative estimate of drug-likeness (QED) is 0.665. The maximum atomic E-state index is 12.3. The molecule has 1 aliphatic rings. The van der Waals surface area contributed by atoms with E-state index in [1.807, 2.05) is 30.5 Å². The lowest BCUT2D eigenvalue weighted by atomic mass is 10.0. The minimum atomic E-state index is -0.867. The molecule has 0 spiro atoms. The molecule has 0 saturated carbocycles. The highest BCUT2D eigenvalue weighted by atomic mass is 16.2. The molecule has 22 heavy (non-hydrogen) atoms. The van der Waals surface area contributed by atoms with Gasteiger partial charge in [0.25, 0.3) is 0 Å². The van der Waals surface area contributed by atoms with Crippen molar-refractivity contribution in [3.63, 3.8) is 0 Å². The average Bonchev–Trinajstić information content (AvgIpc) is 2.92. The second-order valence-electron chi connectivity index (χ2n) is 5.22. The largest absolute Gasteiger partial charge is 0.361 e. The Balaban J connectivity index is 1.76. The first-order valence-corrected chi connectivity index (χ1v) is 7.02. The van der Waals surface area contributed by atoms with E-state index in [4.69, 9.17) is 5.73 Å². The number of hydrogen-bond acceptors (Lipinski definition) is 4. The van der Waals surface area contributed by atoms with Gasteiger partial charge in [-0.1, -0.05) is 18.2 Å². The number of nitrogens with one attached hydrogen (secondary N) is 2. The molecule has 0 radical (unpaired) electrons. The minimum absolute atomic E-state index is 0.158. The number of piperazine rings is 1. The molecule has 1 aromatic heterocycles. The van der Waals surface area contributed by atoms with Crippen molar-refractivity contribution < 1.29 is 14.4 Å². The Kier molecular flexibility index (Phi) is 3.64. The van der Waals surface area contributed by atoms with Crippen LogP contribution in [-0.4, -0.2) is 46.7 Å². The van der Waals surface area contributed by atoms with Crippen LogP contribution in [0.5, 0.6) is 0 Å². The van der Waals surface area contributed by atoms with Crippen molar-refractivity contribution >= 4 is 28.6 Å². The van der Waals surface area contributed by atoms with E-state index in [1.165, 1.54) is 0 Å². The summed E-state index contributed by atoms with van der Waals surface area (Å²) in [6.45, 7) is 0.418. The maximum absolute atomic E-state index is 12.3. The van der Waals surface area contributed by atoms with Crippen molar-refractivity contribution in [3.8, 4) is 0 Å². The summed E-state index contributed by atoms with van der Waals surface area (Å²) >= 11 is 0. The van der Waals surface area contributed by atoms with Crippen LogP contribution in [0.4, 0.5) is 0 Å². The van der Waals surface area contributed by atoms with Gasteiger partial charge < -0.3 is 16.0 Å². The van der Waals surface area contributed by atoms with Gasteiger partial charge in [0, 0.05) is 30.2 Å². The van der Waals surface area contributed by atoms with Gasteiger partial charge in [0.05, 0.1) is 6.04 Å². The Morgan fingerprint density at radius 3 is 2.91 bits per heavy atom. The first-order valence-electron chi connectivity index (χ1n) is 7.02. The average molecular weight is 300 g/mol. The molecule has 0 unspecified atom stereocenters. The summed E-state index contributed by atoms with van der Waals surface area (Å²) < 4.78 is 0. The highest BCUT2D eigenvalue weighted by Crippen LogP contribution is 2.19. The molecule has 0 aliphatic carbocycles. The smallest absolute Gasteiger partial charge is 0.318 e. The number of hydrogen-bond donors (Lipinski definition) is 3. The second-order valence-corrected chi connectivity index (χ2v) is 5.22. The van der Waals surface area contributed by atoms with E-state index in [-0.39, 0.29) is 13.1 Å². The maximum Gasteiger partial charge on any atom is 0.318 e. The number of aromatic nitrogens is 1. The third-order valence-corrected chi connectivity index (χ3v) is 3.76. The first kappa shape index (κ1) is 14.3. The molecular formula is C15H16N4O3. The zero-order valence-corrected chi connectivity index (χ0v) is 11.8. The van der Waals surface area contributed by atoms with Gasteiger partial charge in [-0.2, -0.15) is 0 Å². The highest BCUT2D eigenvalue weighted by Gasteiger charge is 2.33. The molecule has 1 saturated heterocycles. The summed E-state index contributed by atoms with van der Waals surface area (Å²) in [5.74, 6) is -2.13. The highest BCUT2D eigenvalue weighted by molar-refractivity contribution is 6.38. The third-order valence-electron chi connectivity index (χ3n) is 3.76. The van der Waals surface area contributed by atoms with Crippen molar-refractivity contribution in [2.24, 2.45) is 5.73 Å². The lowest BCUT2D eigenvalue weighted by molar-refractivity contribution is -0.155. The molecule has 2 heterocycles. The predicted molar refractivity (Wildman–Crippen MR) is 79.7 cm³/mol. The van der Waals surface area contributed by atoms with Crippen molar-refractivity contribution in [2.75, 3.05) is 13.1 Å². The Morgan fingerprint density at radius 1 is 1.32 bits per heavy atom. The topological polar surface area (TPSA) is 108 Å². The molecule has 1 aliphatic heterocycles. The summed E-state index contributed by atoms with van der Waals surface area (Å²) in [5, 5.41) is 3.39. The van der Waals surface area contributed by atoms with Crippen molar-refractivity contribution in [3.05, 3.63) is 36.0 Å². The molecule has 3 rings (SSSR count). The van der Waals surface area contributed by atoms with E-state index in [0.29, 0.717) is 6.42 Å². The third kappa shape index (κ3) is 2.46. The summed E-state index contributed by atoms with van der Waals surface area (Å²) in [5.41, 5.74) is 7.82. The Labute approximate surface area is 126 Å². The fraction of sp³-hybridized carbons (Fsp3) is 0.267. The van der Waals surface area contributed by atoms with Crippen LogP contribution in [0.25, 0.3) is 10.9 Å². The minimum Gasteiger partial charge on any atom is -0.361 e. The number of nitrogens with zero attached hydrogens (tertiary/aromatic N) is 1. The SMILES string of the molecule is N[C@@H](Cc1c[nH]c2ccccc12)C(=O)N1CCNC(=O)C1=O. The van der Waals surface area contributed by atoms with Crippen LogP contribution in [0.15, 0.2) is 30.5 Å². The van der Waals surface area contributed by atoms with Crippen LogP contribution >= 0.6 is 0 Å². The number of H-pyrrole nitrogens is 1. The summed E-state index contributed by atoms with van der Waals surface area (Å²) in [6, 6.07) is 6.83. The number of carbonyl (C=O) groups excluding carboxylic acids is 3. The summed E-state index contributed by atoms with van der Waals surface area (Å²) in [4.78, 5) is 39.4. The lowest BCUT2D eigenvalue weighted by Crippen LogP contribution is -2.58. The number of rotatable bonds is 3. The zero-order valence-electron chi connectivity index (χ0n) is 11.8. The first-order chi connectivity index (χ1) is 10.6. The Hall–Kier alpha value is -2.67. The van der Waals surface area contributed by atoms with Gasteiger partial charge in [0.2, 0.25) is 5.91 Å². The van der Waals surface area contributed by atoms with E-state index < -0.39 is 23.8 Å². The Bertz CT molecular complexity index is 752. The van der Waals surface area contributed by atoms with Gasteiger partial charge in [-0.25, -0.2) is 0 Å². The van der Waals surface area contributed by atoms with E-state index >= 15 is 0 Å². The van der Waals surface area contributed by atoms with Gasteiger partial charge in [0.15, 0.2) is 0 Å². The van der Waals surface area contributed by atoms with Crippen LogP contribution < -0.4 is 11.1 Å². The van der Waals surface area contributed by atoms with Crippen molar-refractivity contribution in [1.29, 1.82) is 0 Å². The lowest BCUT2D eigenvalue weighted by Gasteiger charge is -2.26. The zero-order chi connectivity index (χ0) is 15.7.